The van der Waals surface area contributed by atoms with Crippen molar-refractivity contribution >= 4 is 0 Å². The van der Waals surface area contributed by atoms with Gasteiger partial charge in [-0.3, -0.25) is 0 Å². The van der Waals surface area contributed by atoms with Crippen LogP contribution in [-0.2, 0) is 0 Å². The summed E-state index contributed by atoms with van der Waals surface area (Å²) in [4.78, 5) is 0. The Balaban J connectivity index is -0.000000143. The van der Waals surface area contributed by atoms with Gasteiger partial charge in [0.1, 0.15) is 0 Å². The van der Waals surface area contributed by atoms with Crippen molar-refractivity contribution in [1.82, 2.24) is 0 Å². The summed E-state index contributed by atoms with van der Waals surface area (Å²) in [6.07, 6.45) is 2.47. The number of rotatable bonds is 4. The third-order valence-corrected chi connectivity index (χ3v) is 2.29. The zero-order valence-corrected chi connectivity index (χ0v) is 9.27. The smallest absolute Gasteiger partial charge is 0.0765 e. The first-order valence-electron chi connectivity index (χ1n) is 5.11. The van der Waals surface area contributed by atoms with E-state index in [4.69, 9.17) is 5.73 Å². The third kappa shape index (κ3) is 18.7. The zero-order valence-electron chi connectivity index (χ0n) is 9.27. The topological polar surface area (TPSA) is 53.7 Å². The van der Waals surface area contributed by atoms with Crippen molar-refractivity contribution in [2.24, 2.45) is 17.6 Å². The van der Waals surface area contributed by atoms with Crippen molar-refractivity contribution in [2.75, 3.05) is 13.1 Å². The molecule has 0 aromatic rings. The summed E-state index contributed by atoms with van der Waals surface area (Å²) in [5, 5.41) is 0. The van der Waals surface area contributed by atoms with Gasteiger partial charge in [-0.1, -0.05) is 41.5 Å². The maximum atomic E-state index is 5.28. The number of nitrogens with two attached hydrogens (primary N) is 1. The van der Waals surface area contributed by atoms with Gasteiger partial charge in [-0.05, 0) is 18.9 Å². The molecule has 0 aromatic carbocycles. The van der Waals surface area contributed by atoms with E-state index >= 15 is 0 Å². The van der Waals surface area contributed by atoms with E-state index in [1.54, 1.807) is 0 Å². The number of hydrogen-bond acceptors (Lipinski definition) is 1. The maximum absolute atomic E-state index is 5.28. The van der Waals surface area contributed by atoms with Gasteiger partial charge in [-0.15, -0.1) is 0 Å². The van der Waals surface area contributed by atoms with Gasteiger partial charge in [0, 0.05) is 5.92 Å². The molecule has 0 heterocycles. The van der Waals surface area contributed by atoms with Crippen LogP contribution in [0.4, 0.5) is 0 Å². The third-order valence-electron chi connectivity index (χ3n) is 2.29. The molecule has 0 bridgehead atoms. The van der Waals surface area contributed by atoms with Crippen LogP contribution in [0.5, 0.6) is 0 Å². The lowest BCUT2D eigenvalue weighted by Gasteiger charge is -1.98. The van der Waals surface area contributed by atoms with E-state index in [-0.39, 0.29) is 7.43 Å². The highest BCUT2D eigenvalue weighted by molar-refractivity contribution is 4.45. The van der Waals surface area contributed by atoms with Crippen LogP contribution in [0.3, 0.4) is 0 Å². The molecule has 0 aliphatic heterocycles. The maximum Gasteiger partial charge on any atom is 0.0765 e. The Morgan fingerprint density at radius 1 is 1.08 bits per heavy atom. The highest BCUT2D eigenvalue weighted by Gasteiger charge is 1.92. The van der Waals surface area contributed by atoms with Gasteiger partial charge in [0.15, 0.2) is 0 Å². The van der Waals surface area contributed by atoms with Gasteiger partial charge in [0.05, 0.1) is 6.54 Å². The molecule has 0 radical (unpaired) electrons. The van der Waals surface area contributed by atoms with E-state index < -0.39 is 0 Å². The molecule has 84 valence electrons. The normalized spacial score (nSPS) is 13.4. The van der Waals surface area contributed by atoms with E-state index in [9.17, 15) is 0 Å². The zero-order chi connectivity index (χ0) is 9.98. The summed E-state index contributed by atoms with van der Waals surface area (Å²) < 4.78 is 0. The van der Waals surface area contributed by atoms with Crippen molar-refractivity contribution in [3.8, 4) is 0 Å². The lowest BCUT2D eigenvalue weighted by atomic mass is 10.1. The van der Waals surface area contributed by atoms with Gasteiger partial charge in [-0.2, -0.15) is 0 Å². The van der Waals surface area contributed by atoms with E-state index in [2.05, 4.69) is 33.4 Å². The van der Waals surface area contributed by atoms with Gasteiger partial charge in [0.2, 0.25) is 0 Å². The van der Waals surface area contributed by atoms with E-state index in [0.717, 1.165) is 19.0 Å². The molecule has 0 spiro atoms. The van der Waals surface area contributed by atoms with Crippen LogP contribution in [0.1, 0.15) is 48.0 Å². The molecule has 0 fully saturated rings. The average molecular weight is 191 g/mol. The second-order valence-corrected chi connectivity index (χ2v) is 3.55. The fourth-order valence-corrected chi connectivity index (χ4v) is 0.371. The summed E-state index contributed by atoms with van der Waals surface area (Å²) in [7, 11) is 0. The Morgan fingerprint density at radius 2 is 1.46 bits per heavy atom. The van der Waals surface area contributed by atoms with E-state index in [1.807, 2.05) is 0 Å². The molecule has 0 rings (SSSR count). The summed E-state index contributed by atoms with van der Waals surface area (Å²) in [5.41, 5.74) is 9.04. The Bertz CT molecular complexity index is 56.5. The van der Waals surface area contributed by atoms with Crippen molar-refractivity contribution in [3.63, 3.8) is 0 Å². The van der Waals surface area contributed by atoms with Crippen LogP contribution in [0.25, 0.3) is 0 Å². The van der Waals surface area contributed by atoms with Crippen LogP contribution in [0.15, 0.2) is 0 Å². The number of hydrogen-bond donors (Lipinski definition) is 2. The second-order valence-electron chi connectivity index (χ2n) is 3.55. The minimum atomic E-state index is 0. The van der Waals surface area contributed by atoms with Gasteiger partial charge in [0.25, 0.3) is 0 Å². The van der Waals surface area contributed by atoms with Crippen molar-refractivity contribution < 1.29 is 5.73 Å². The van der Waals surface area contributed by atoms with Crippen molar-refractivity contribution in [1.29, 1.82) is 0 Å². The van der Waals surface area contributed by atoms with Gasteiger partial charge in [-0.25, -0.2) is 0 Å². The highest BCUT2D eigenvalue weighted by atomic mass is 14.5. The molecule has 0 amide bonds. The lowest BCUT2D eigenvalue weighted by Crippen LogP contribution is -2.52. The van der Waals surface area contributed by atoms with Crippen molar-refractivity contribution in [2.45, 2.75) is 48.0 Å². The Hall–Kier alpha value is -0.0800. The summed E-state index contributed by atoms with van der Waals surface area (Å²) in [5.74, 6) is 1.54. The first-order chi connectivity index (χ1) is 5.62. The van der Waals surface area contributed by atoms with Gasteiger partial charge >= 0.3 is 0 Å². The fourth-order valence-electron chi connectivity index (χ4n) is 0.371. The first kappa shape index (κ1) is 18.7. The summed E-state index contributed by atoms with van der Waals surface area (Å²) in [6, 6.07) is 0. The largest absolute Gasteiger partial charge is 0.357 e. The standard InChI is InChI=1S/2C5H13N.CH4/c2*1-3-5(2)4-6;/h2*5H,3-4,6H2,1-2H3;1H4/p+1. The molecule has 2 unspecified atom stereocenters. The Kier molecular flexibility index (Phi) is 20.7. The second kappa shape index (κ2) is 14.4. The van der Waals surface area contributed by atoms with Crippen LogP contribution in [-0.4, -0.2) is 13.1 Å². The summed E-state index contributed by atoms with van der Waals surface area (Å²) >= 11 is 0. The molecule has 13 heavy (non-hydrogen) atoms. The van der Waals surface area contributed by atoms with E-state index in [0.29, 0.717) is 5.92 Å². The molecule has 0 aliphatic carbocycles. The monoisotopic (exact) mass is 191 g/mol. The van der Waals surface area contributed by atoms with Gasteiger partial charge < -0.3 is 11.5 Å². The predicted octanol–water partition coefficient (Wildman–Crippen LogP) is 1.90. The summed E-state index contributed by atoms with van der Waals surface area (Å²) in [6.45, 7) is 10.6. The molecule has 0 aromatic heterocycles. The molecule has 2 heteroatoms. The first-order valence-corrected chi connectivity index (χ1v) is 5.11. The lowest BCUT2D eigenvalue weighted by molar-refractivity contribution is -0.378. The van der Waals surface area contributed by atoms with Crippen LogP contribution in [0, 0.1) is 11.8 Å². The Morgan fingerprint density at radius 3 is 1.46 bits per heavy atom. The number of quaternary nitrogens is 1. The predicted molar refractivity (Wildman–Crippen MR) is 62.5 cm³/mol. The molecule has 0 aliphatic rings. The minimum absolute atomic E-state index is 0. The molecular formula is C11H31N2+. The molecule has 0 saturated heterocycles. The highest BCUT2D eigenvalue weighted by Crippen LogP contribution is 1.94. The molecule has 5 N–H and O–H groups in total. The minimum Gasteiger partial charge on any atom is -0.357 e. The molecule has 0 saturated carbocycles. The van der Waals surface area contributed by atoms with Crippen LogP contribution >= 0.6 is 0 Å². The quantitative estimate of drug-likeness (QED) is 0.700. The van der Waals surface area contributed by atoms with Crippen molar-refractivity contribution in [3.05, 3.63) is 0 Å². The molecule has 2 atom stereocenters. The molecule has 2 nitrogen and oxygen atoms in total. The van der Waals surface area contributed by atoms with E-state index in [1.165, 1.54) is 12.8 Å². The fraction of sp³-hybridized carbons (Fsp3) is 1.00. The van der Waals surface area contributed by atoms with Crippen LogP contribution in [0.2, 0.25) is 0 Å². The van der Waals surface area contributed by atoms with Crippen LogP contribution < -0.4 is 11.5 Å². The average Bonchev–Trinajstić information content (AvgIpc) is 2.16. The Labute approximate surface area is 85.1 Å². The molecular weight excluding hydrogens is 160 g/mol. The SMILES string of the molecule is C.CCC(C)CN.CCC(C)C[NH3+].